The molecule has 0 saturated carbocycles. The number of nitrogens with one attached hydrogen (secondary N) is 1. The highest BCUT2D eigenvalue weighted by Gasteiger charge is 2.23. The van der Waals surface area contributed by atoms with E-state index < -0.39 is 0 Å². The number of rotatable bonds is 3. The van der Waals surface area contributed by atoms with Gasteiger partial charge in [0.15, 0.2) is 0 Å². The molecule has 0 spiro atoms. The first-order chi connectivity index (χ1) is 9.42. The Morgan fingerprint density at radius 2 is 1.80 bits per heavy atom. The first kappa shape index (κ1) is 15.6. The van der Waals surface area contributed by atoms with E-state index in [1.165, 1.54) is 0 Å². The van der Waals surface area contributed by atoms with Crippen molar-refractivity contribution in [2.45, 2.75) is 26.1 Å². The summed E-state index contributed by atoms with van der Waals surface area (Å²) >= 11 is 11.8. The number of hydrogen-bond acceptors (Lipinski definition) is 3. The maximum absolute atomic E-state index is 12.0. The van der Waals surface area contributed by atoms with Crippen molar-refractivity contribution in [3.05, 3.63) is 28.2 Å². The van der Waals surface area contributed by atoms with Crippen LogP contribution in [0.15, 0.2) is 18.2 Å². The van der Waals surface area contributed by atoms with Gasteiger partial charge in [0.2, 0.25) is 5.91 Å². The Hall–Kier alpha value is -0.810. The van der Waals surface area contributed by atoms with Crippen LogP contribution in [0, 0.1) is 0 Å². The lowest BCUT2D eigenvalue weighted by atomic mass is 10.2. The monoisotopic (exact) mass is 316 g/mol. The van der Waals surface area contributed by atoms with Crippen molar-refractivity contribution in [1.82, 2.24) is 4.90 Å². The fourth-order valence-corrected chi connectivity index (χ4v) is 2.97. The molecule has 2 rings (SSSR count). The van der Waals surface area contributed by atoms with Crippen molar-refractivity contribution < 1.29 is 9.53 Å². The zero-order valence-electron chi connectivity index (χ0n) is 11.5. The average molecular weight is 317 g/mol. The molecule has 6 heteroatoms. The molecule has 0 bridgehead atoms. The quantitative estimate of drug-likeness (QED) is 0.932. The predicted molar refractivity (Wildman–Crippen MR) is 81.5 cm³/mol. The molecule has 4 nitrogen and oxygen atoms in total. The molecule has 0 radical (unpaired) electrons. The molecule has 1 fully saturated rings. The van der Waals surface area contributed by atoms with Crippen LogP contribution in [0.5, 0.6) is 0 Å². The SMILES string of the molecule is CC1CN(CC(=O)Nc2cc(Cl)cc(Cl)c2)CC(C)O1. The van der Waals surface area contributed by atoms with Crippen LogP contribution in [0.4, 0.5) is 5.69 Å². The van der Waals surface area contributed by atoms with Crippen LogP contribution in [0.1, 0.15) is 13.8 Å². The summed E-state index contributed by atoms with van der Waals surface area (Å²) in [4.78, 5) is 14.1. The van der Waals surface area contributed by atoms with Gasteiger partial charge in [0.25, 0.3) is 0 Å². The Morgan fingerprint density at radius 3 is 2.35 bits per heavy atom. The number of carbonyl (C=O) groups is 1. The fraction of sp³-hybridized carbons (Fsp3) is 0.500. The summed E-state index contributed by atoms with van der Waals surface area (Å²) in [7, 11) is 0. The van der Waals surface area contributed by atoms with Crippen LogP contribution in [-0.2, 0) is 9.53 Å². The van der Waals surface area contributed by atoms with Gasteiger partial charge in [-0.25, -0.2) is 0 Å². The van der Waals surface area contributed by atoms with E-state index in [4.69, 9.17) is 27.9 Å². The molecule has 1 N–H and O–H groups in total. The number of anilines is 1. The highest BCUT2D eigenvalue weighted by molar-refractivity contribution is 6.35. The molecule has 110 valence electrons. The van der Waals surface area contributed by atoms with Gasteiger partial charge in [0.1, 0.15) is 0 Å². The summed E-state index contributed by atoms with van der Waals surface area (Å²) in [6.07, 6.45) is 0.291. The van der Waals surface area contributed by atoms with E-state index in [1.54, 1.807) is 18.2 Å². The molecule has 1 aromatic rings. The van der Waals surface area contributed by atoms with Gasteiger partial charge in [0.05, 0.1) is 18.8 Å². The zero-order valence-corrected chi connectivity index (χ0v) is 13.0. The number of halogens is 2. The first-order valence-electron chi connectivity index (χ1n) is 6.56. The highest BCUT2D eigenvalue weighted by Crippen LogP contribution is 2.22. The molecular formula is C14H18Cl2N2O2. The van der Waals surface area contributed by atoms with E-state index in [-0.39, 0.29) is 18.1 Å². The van der Waals surface area contributed by atoms with E-state index in [0.29, 0.717) is 22.3 Å². The second-order valence-corrected chi connectivity index (χ2v) is 6.03. The minimum Gasteiger partial charge on any atom is -0.373 e. The lowest BCUT2D eigenvalue weighted by molar-refractivity contribution is -0.121. The van der Waals surface area contributed by atoms with Crippen molar-refractivity contribution in [3.63, 3.8) is 0 Å². The van der Waals surface area contributed by atoms with Gasteiger partial charge >= 0.3 is 0 Å². The molecule has 1 saturated heterocycles. The molecule has 0 aliphatic carbocycles. The molecule has 1 heterocycles. The highest BCUT2D eigenvalue weighted by atomic mass is 35.5. The summed E-state index contributed by atoms with van der Waals surface area (Å²) in [5.41, 5.74) is 0.613. The Balaban J connectivity index is 1.92. The molecule has 1 amide bonds. The van der Waals surface area contributed by atoms with Crippen molar-refractivity contribution >= 4 is 34.8 Å². The van der Waals surface area contributed by atoms with Crippen molar-refractivity contribution in [2.75, 3.05) is 25.0 Å². The van der Waals surface area contributed by atoms with E-state index in [0.717, 1.165) is 13.1 Å². The smallest absolute Gasteiger partial charge is 0.238 e. The summed E-state index contributed by atoms with van der Waals surface area (Å²) in [6, 6.07) is 4.98. The van der Waals surface area contributed by atoms with Crippen LogP contribution in [0.2, 0.25) is 10.0 Å². The van der Waals surface area contributed by atoms with Gasteiger partial charge in [0, 0.05) is 28.8 Å². The van der Waals surface area contributed by atoms with E-state index >= 15 is 0 Å². The van der Waals surface area contributed by atoms with Gasteiger partial charge in [-0.3, -0.25) is 9.69 Å². The summed E-state index contributed by atoms with van der Waals surface area (Å²) in [5.74, 6) is -0.0790. The normalized spacial score (nSPS) is 23.6. The number of nitrogens with zero attached hydrogens (tertiary/aromatic N) is 1. The van der Waals surface area contributed by atoms with E-state index in [2.05, 4.69) is 10.2 Å². The second-order valence-electron chi connectivity index (χ2n) is 5.16. The number of carbonyl (C=O) groups excluding carboxylic acids is 1. The number of morpholine rings is 1. The third kappa shape index (κ3) is 4.63. The maximum atomic E-state index is 12.0. The molecule has 20 heavy (non-hydrogen) atoms. The Kier molecular flexibility index (Phi) is 5.27. The van der Waals surface area contributed by atoms with Crippen LogP contribution in [-0.4, -0.2) is 42.6 Å². The van der Waals surface area contributed by atoms with Crippen molar-refractivity contribution in [1.29, 1.82) is 0 Å². The maximum Gasteiger partial charge on any atom is 0.238 e. The van der Waals surface area contributed by atoms with Crippen LogP contribution in [0.3, 0.4) is 0 Å². The van der Waals surface area contributed by atoms with Crippen LogP contribution in [0.25, 0.3) is 0 Å². The van der Waals surface area contributed by atoms with Crippen LogP contribution < -0.4 is 5.32 Å². The van der Waals surface area contributed by atoms with E-state index in [9.17, 15) is 4.79 Å². The largest absolute Gasteiger partial charge is 0.373 e. The summed E-state index contributed by atoms with van der Waals surface area (Å²) < 4.78 is 5.64. The molecular weight excluding hydrogens is 299 g/mol. The first-order valence-corrected chi connectivity index (χ1v) is 7.31. The van der Waals surface area contributed by atoms with Gasteiger partial charge < -0.3 is 10.1 Å². The molecule has 1 aromatic carbocycles. The third-order valence-corrected chi connectivity index (χ3v) is 3.45. The summed E-state index contributed by atoms with van der Waals surface area (Å²) in [5, 5.41) is 3.81. The van der Waals surface area contributed by atoms with Gasteiger partial charge in [-0.15, -0.1) is 0 Å². The second kappa shape index (κ2) is 6.76. The zero-order chi connectivity index (χ0) is 14.7. The fourth-order valence-electron chi connectivity index (χ4n) is 2.44. The average Bonchev–Trinajstić information content (AvgIpc) is 2.24. The van der Waals surface area contributed by atoms with E-state index in [1.807, 2.05) is 13.8 Å². The lowest BCUT2D eigenvalue weighted by Crippen LogP contribution is -2.48. The van der Waals surface area contributed by atoms with Gasteiger partial charge in [-0.05, 0) is 32.0 Å². The predicted octanol–water partition coefficient (Wildman–Crippen LogP) is 3.04. The molecule has 2 unspecified atom stereocenters. The van der Waals surface area contributed by atoms with Gasteiger partial charge in [-0.2, -0.15) is 0 Å². The molecule has 2 atom stereocenters. The minimum absolute atomic E-state index is 0.0790. The molecule has 0 aromatic heterocycles. The molecule has 1 aliphatic heterocycles. The standard InChI is InChI=1S/C14H18Cl2N2O2/c1-9-6-18(7-10(2)20-9)8-14(19)17-13-4-11(15)3-12(16)5-13/h3-5,9-10H,6-8H2,1-2H3,(H,17,19). The Morgan fingerprint density at radius 1 is 1.25 bits per heavy atom. The minimum atomic E-state index is -0.0790. The van der Waals surface area contributed by atoms with Gasteiger partial charge in [-0.1, -0.05) is 23.2 Å². The van der Waals surface area contributed by atoms with Crippen molar-refractivity contribution in [2.24, 2.45) is 0 Å². The summed E-state index contributed by atoms with van der Waals surface area (Å²) in [6.45, 7) is 5.87. The lowest BCUT2D eigenvalue weighted by Gasteiger charge is -2.34. The van der Waals surface area contributed by atoms with Crippen LogP contribution >= 0.6 is 23.2 Å². The Bertz CT molecular complexity index is 466. The molecule has 1 aliphatic rings. The topological polar surface area (TPSA) is 41.6 Å². The third-order valence-electron chi connectivity index (χ3n) is 3.01. The number of amides is 1. The number of hydrogen-bond donors (Lipinski definition) is 1. The Labute approximate surface area is 129 Å². The number of benzene rings is 1. The number of ether oxygens (including phenoxy) is 1. The van der Waals surface area contributed by atoms with Crippen molar-refractivity contribution in [3.8, 4) is 0 Å².